The number of nitrogens with one attached hydrogen (secondary N) is 1. The second-order valence-electron chi connectivity index (χ2n) is 5.17. The highest BCUT2D eigenvalue weighted by Gasteiger charge is 2.35. The molecule has 1 fully saturated rings. The Hall–Kier alpha value is -2.11. The summed E-state index contributed by atoms with van der Waals surface area (Å²) < 4.78 is 18.4. The summed E-state index contributed by atoms with van der Waals surface area (Å²) in [6.45, 7) is 0. The van der Waals surface area contributed by atoms with Crippen molar-refractivity contribution in [1.82, 2.24) is 0 Å². The van der Waals surface area contributed by atoms with Crippen molar-refractivity contribution in [1.29, 1.82) is 0 Å². The highest BCUT2D eigenvalue weighted by atomic mass is 19.1. The number of carbonyl (C=O) groups excluding carboxylic acids is 1. The number of benzene rings is 1. The molecule has 5 nitrogen and oxygen atoms in total. The molecule has 0 heterocycles. The molecular weight excluding hydrogens is 277 g/mol. The average molecular weight is 295 g/mol. The molecule has 0 aliphatic heterocycles. The van der Waals surface area contributed by atoms with Crippen molar-refractivity contribution in [2.45, 2.75) is 25.7 Å². The van der Waals surface area contributed by atoms with Crippen LogP contribution in [0.3, 0.4) is 0 Å². The molecule has 0 aromatic heterocycles. The molecule has 1 amide bonds. The second kappa shape index (κ2) is 6.56. The quantitative estimate of drug-likeness (QED) is 0.895. The number of carbonyl (C=O) groups is 2. The first-order valence-electron chi connectivity index (χ1n) is 6.90. The molecule has 2 N–H and O–H groups in total. The molecule has 0 radical (unpaired) electrons. The van der Waals surface area contributed by atoms with Crippen LogP contribution in [0.1, 0.15) is 25.7 Å². The molecular formula is C15H18FNO4. The van der Waals surface area contributed by atoms with Crippen molar-refractivity contribution in [3.63, 3.8) is 0 Å². The van der Waals surface area contributed by atoms with Gasteiger partial charge in [-0.1, -0.05) is 12.8 Å². The lowest BCUT2D eigenvalue weighted by atomic mass is 9.78. The molecule has 0 saturated heterocycles. The molecule has 1 aromatic carbocycles. The number of anilines is 1. The van der Waals surface area contributed by atoms with E-state index in [1.54, 1.807) is 0 Å². The van der Waals surface area contributed by atoms with Crippen molar-refractivity contribution in [2.24, 2.45) is 11.8 Å². The molecule has 0 bridgehead atoms. The predicted octanol–water partition coefficient (Wildman–Crippen LogP) is 2.66. The number of hydrogen-bond donors (Lipinski definition) is 2. The van der Waals surface area contributed by atoms with Crippen LogP contribution >= 0.6 is 0 Å². The molecule has 114 valence electrons. The van der Waals surface area contributed by atoms with Gasteiger partial charge in [-0.25, -0.2) is 4.39 Å². The summed E-state index contributed by atoms with van der Waals surface area (Å²) in [4.78, 5) is 23.4. The van der Waals surface area contributed by atoms with Crippen LogP contribution in [0.4, 0.5) is 10.1 Å². The highest BCUT2D eigenvalue weighted by Crippen LogP contribution is 2.31. The lowest BCUT2D eigenvalue weighted by molar-refractivity contribution is -0.147. The van der Waals surface area contributed by atoms with Crippen LogP contribution in [0.25, 0.3) is 0 Å². The van der Waals surface area contributed by atoms with Crippen molar-refractivity contribution in [3.8, 4) is 5.75 Å². The molecule has 1 saturated carbocycles. The van der Waals surface area contributed by atoms with Gasteiger partial charge in [0.25, 0.3) is 0 Å². The summed E-state index contributed by atoms with van der Waals surface area (Å²) in [6.07, 6.45) is 2.70. The zero-order valence-corrected chi connectivity index (χ0v) is 11.8. The van der Waals surface area contributed by atoms with Crippen LogP contribution in [-0.2, 0) is 9.59 Å². The van der Waals surface area contributed by atoms with Crippen LogP contribution in [0.5, 0.6) is 5.75 Å². The van der Waals surface area contributed by atoms with Gasteiger partial charge >= 0.3 is 5.97 Å². The topological polar surface area (TPSA) is 75.6 Å². The summed E-state index contributed by atoms with van der Waals surface area (Å²) in [5.74, 6) is -3.03. The van der Waals surface area contributed by atoms with Gasteiger partial charge in [0.05, 0.1) is 18.9 Å². The number of rotatable bonds is 4. The molecule has 2 unspecified atom stereocenters. The SMILES string of the molecule is COc1ccc(NC(=O)C2CCCCC2C(=O)O)cc1F. The first-order chi connectivity index (χ1) is 10.0. The number of aliphatic carboxylic acids is 1. The maximum Gasteiger partial charge on any atom is 0.307 e. The monoisotopic (exact) mass is 295 g/mol. The average Bonchev–Trinajstić information content (AvgIpc) is 2.47. The second-order valence-corrected chi connectivity index (χ2v) is 5.17. The number of amides is 1. The Morgan fingerprint density at radius 2 is 1.95 bits per heavy atom. The number of carboxylic acids is 1. The minimum Gasteiger partial charge on any atom is -0.494 e. The van der Waals surface area contributed by atoms with Gasteiger partial charge in [0.2, 0.25) is 5.91 Å². The van der Waals surface area contributed by atoms with E-state index in [1.807, 2.05) is 0 Å². The first-order valence-corrected chi connectivity index (χ1v) is 6.90. The maximum atomic E-state index is 13.6. The van der Waals surface area contributed by atoms with Crippen molar-refractivity contribution in [3.05, 3.63) is 24.0 Å². The van der Waals surface area contributed by atoms with Crippen molar-refractivity contribution < 1.29 is 23.8 Å². The van der Waals surface area contributed by atoms with E-state index in [9.17, 15) is 19.1 Å². The molecule has 1 aliphatic rings. The Balaban J connectivity index is 2.09. The molecule has 21 heavy (non-hydrogen) atoms. The minimum atomic E-state index is -0.948. The molecule has 0 spiro atoms. The summed E-state index contributed by atoms with van der Waals surface area (Å²) in [5, 5.41) is 11.8. The highest BCUT2D eigenvalue weighted by molar-refractivity contribution is 5.95. The van der Waals surface area contributed by atoms with E-state index >= 15 is 0 Å². The molecule has 1 aliphatic carbocycles. The smallest absolute Gasteiger partial charge is 0.307 e. The van der Waals surface area contributed by atoms with Gasteiger partial charge in [-0.05, 0) is 25.0 Å². The molecule has 2 atom stereocenters. The van der Waals surface area contributed by atoms with E-state index in [0.717, 1.165) is 18.9 Å². The largest absolute Gasteiger partial charge is 0.494 e. The van der Waals surface area contributed by atoms with E-state index in [4.69, 9.17) is 4.74 Å². The number of ether oxygens (including phenoxy) is 1. The van der Waals surface area contributed by atoms with Gasteiger partial charge in [0, 0.05) is 11.8 Å². The third kappa shape index (κ3) is 3.51. The Morgan fingerprint density at radius 1 is 1.29 bits per heavy atom. The van der Waals surface area contributed by atoms with Gasteiger partial charge in [-0.3, -0.25) is 9.59 Å². The molecule has 6 heteroatoms. The lowest BCUT2D eigenvalue weighted by Crippen LogP contribution is -2.36. The lowest BCUT2D eigenvalue weighted by Gasteiger charge is -2.27. The maximum absolute atomic E-state index is 13.6. The van der Waals surface area contributed by atoms with Crippen LogP contribution in [0, 0.1) is 17.7 Å². The fourth-order valence-electron chi connectivity index (χ4n) is 2.72. The van der Waals surface area contributed by atoms with Crippen LogP contribution in [0.2, 0.25) is 0 Å². The van der Waals surface area contributed by atoms with Gasteiger partial charge in [0.1, 0.15) is 0 Å². The van der Waals surface area contributed by atoms with E-state index in [-0.39, 0.29) is 11.7 Å². The third-order valence-electron chi connectivity index (χ3n) is 3.84. The van der Waals surface area contributed by atoms with E-state index in [1.165, 1.54) is 19.2 Å². The summed E-state index contributed by atoms with van der Waals surface area (Å²) in [7, 11) is 1.36. The third-order valence-corrected chi connectivity index (χ3v) is 3.84. The van der Waals surface area contributed by atoms with E-state index < -0.39 is 23.6 Å². The zero-order valence-electron chi connectivity index (χ0n) is 11.8. The minimum absolute atomic E-state index is 0.0917. The first kappa shape index (κ1) is 15.3. The molecule has 2 rings (SSSR count). The van der Waals surface area contributed by atoms with E-state index in [2.05, 4.69) is 5.32 Å². The summed E-state index contributed by atoms with van der Waals surface area (Å²) >= 11 is 0. The predicted molar refractivity (Wildman–Crippen MR) is 74.7 cm³/mol. The number of methoxy groups -OCH3 is 1. The van der Waals surface area contributed by atoms with Crippen LogP contribution < -0.4 is 10.1 Å². The van der Waals surface area contributed by atoms with Gasteiger partial charge in [0.15, 0.2) is 11.6 Å². The normalized spacial score (nSPS) is 21.6. The van der Waals surface area contributed by atoms with Crippen molar-refractivity contribution in [2.75, 3.05) is 12.4 Å². The number of halogens is 1. The summed E-state index contributed by atoms with van der Waals surface area (Å²) in [5.41, 5.74) is 0.299. The zero-order chi connectivity index (χ0) is 15.4. The van der Waals surface area contributed by atoms with Crippen molar-refractivity contribution >= 4 is 17.6 Å². The standard InChI is InChI=1S/C15H18FNO4/c1-21-13-7-6-9(8-12(13)16)17-14(18)10-4-2-3-5-11(10)15(19)20/h6-8,10-11H,2-5H2,1H3,(H,17,18)(H,19,20). The number of carboxylic acid groups (broad SMARTS) is 1. The Bertz CT molecular complexity index is 546. The van der Waals surface area contributed by atoms with Crippen LogP contribution in [-0.4, -0.2) is 24.1 Å². The summed E-state index contributed by atoms with van der Waals surface area (Å²) in [6, 6.07) is 4.11. The fourth-order valence-corrected chi connectivity index (χ4v) is 2.72. The number of hydrogen-bond acceptors (Lipinski definition) is 3. The van der Waals surface area contributed by atoms with Crippen LogP contribution in [0.15, 0.2) is 18.2 Å². The Labute approximate surface area is 122 Å². The fraction of sp³-hybridized carbons (Fsp3) is 0.467. The van der Waals surface area contributed by atoms with Gasteiger partial charge < -0.3 is 15.2 Å². The molecule has 1 aromatic rings. The van der Waals surface area contributed by atoms with Gasteiger partial charge in [-0.15, -0.1) is 0 Å². The van der Waals surface area contributed by atoms with E-state index in [0.29, 0.717) is 18.5 Å². The van der Waals surface area contributed by atoms with Gasteiger partial charge in [-0.2, -0.15) is 0 Å². The Kier molecular flexibility index (Phi) is 4.77. The Morgan fingerprint density at radius 3 is 2.52 bits per heavy atom.